The van der Waals surface area contributed by atoms with E-state index >= 15 is 0 Å². The topological polar surface area (TPSA) is 91.8 Å². The average molecular weight is 372 g/mol. The van der Waals surface area contributed by atoms with Crippen molar-refractivity contribution in [2.24, 2.45) is 0 Å². The third-order valence-corrected chi connectivity index (χ3v) is 4.55. The first-order valence-corrected chi connectivity index (χ1v) is 8.95. The highest BCUT2D eigenvalue weighted by molar-refractivity contribution is 7.08. The summed E-state index contributed by atoms with van der Waals surface area (Å²) in [6.07, 6.45) is 0. The number of hydrogen-bond donors (Lipinski definition) is 1. The zero-order chi connectivity index (χ0) is 18.6. The molecule has 0 saturated carbocycles. The van der Waals surface area contributed by atoms with E-state index in [1.54, 1.807) is 29.5 Å². The van der Waals surface area contributed by atoms with E-state index in [1.807, 2.05) is 41.8 Å². The van der Waals surface area contributed by atoms with Crippen LogP contribution in [0.2, 0.25) is 0 Å². The molecule has 4 aromatic rings. The van der Waals surface area contributed by atoms with Crippen molar-refractivity contribution in [2.75, 3.05) is 5.32 Å². The van der Waals surface area contributed by atoms with E-state index in [0.717, 1.165) is 16.7 Å². The maximum atomic E-state index is 12.3. The number of nitrogens with one attached hydrogen (secondary N) is 1. The van der Waals surface area contributed by atoms with Crippen LogP contribution in [0.25, 0.3) is 22.6 Å². The standard InChI is InChI=1S/C20H12N4O2S/c21-11-13-3-1-5-15(9-13)18(25)22-20-24-23-19(26-20)16-6-2-4-14(10-16)17-7-8-27-12-17/h1-10,12H,(H,22,24,25). The monoisotopic (exact) mass is 372 g/mol. The van der Waals surface area contributed by atoms with Gasteiger partial charge in [0.15, 0.2) is 0 Å². The predicted octanol–water partition coefficient (Wildman–Crippen LogP) is 4.59. The molecule has 1 amide bonds. The number of hydrogen-bond acceptors (Lipinski definition) is 6. The summed E-state index contributed by atoms with van der Waals surface area (Å²) in [5.41, 5.74) is 3.67. The van der Waals surface area contributed by atoms with E-state index in [0.29, 0.717) is 17.0 Å². The van der Waals surface area contributed by atoms with E-state index in [9.17, 15) is 4.79 Å². The minimum atomic E-state index is -0.422. The van der Waals surface area contributed by atoms with Gasteiger partial charge in [0.2, 0.25) is 5.89 Å². The first-order valence-electron chi connectivity index (χ1n) is 8.01. The Labute approximate surface area is 158 Å². The molecule has 2 aromatic carbocycles. The van der Waals surface area contributed by atoms with Crippen molar-refractivity contribution >= 4 is 23.3 Å². The largest absolute Gasteiger partial charge is 0.403 e. The zero-order valence-electron chi connectivity index (χ0n) is 13.9. The Morgan fingerprint density at radius 2 is 1.89 bits per heavy atom. The van der Waals surface area contributed by atoms with Gasteiger partial charge in [0.25, 0.3) is 5.91 Å². The second-order valence-electron chi connectivity index (χ2n) is 5.65. The molecule has 7 heteroatoms. The molecule has 6 nitrogen and oxygen atoms in total. The van der Waals surface area contributed by atoms with Crippen LogP contribution in [0.3, 0.4) is 0 Å². The van der Waals surface area contributed by atoms with Crippen LogP contribution in [0, 0.1) is 11.3 Å². The normalized spacial score (nSPS) is 10.3. The van der Waals surface area contributed by atoms with Crippen LogP contribution in [0.1, 0.15) is 15.9 Å². The molecular weight excluding hydrogens is 360 g/mol. The number of carbonyl (C=O) groups is 1. The number of rotatable bonds is 4. The van der Waals surface area contributed by atoms with E-state index < -0.39 is 5.91 Å². The van der Waals surface area contributed by atoms with Gasteiger partial charge < -0.3 is 4.42 Å². The SMILES string of the molecule is N#Cc1cccc(C(=O)Nc2nnc(-c3cccc(-c4ccsc4)c3)o2)c1. The van der Waals surface area contributed by atoms with Gasteiger partial charge in [0.1, 0.15) is 0 Å². The molecule has 130 valence electrons. The summed E-state index contributed by atoms with van der Waals surface area (Å²) in [6.45, 7) is 0. The maximum Gasteiger partial charge on any atom is 0.322 e. The molecule has 27 heavy (non-hydrogen) atoms. The first kappa shape index (κ1) is 16.7. The summed E-state index contributed by atoms with van der Waals surface area (Å²) >= 11 is 1.63. The highest BCUT2D eigenvalue weighted by Crippen LogP contribution is 2.27. The second kappa shape index (κ2) is 7.23. The molecular formula is C20H12N4O2S. The molecule has 0 aliphatic rings. The maximum absolute atomic E-state index is 12.3. The fourth-order valence-corrected chi connectivity index (χ4v) is 3.22. The van der Waals surface area contributed by atoms with Crippen molar-refractivity contribution in [3.8, 4) is 28.7 Å². The number of carbonyl (C=O) groups excluding carboxylic acids is 1. The van der Waals surface area contributed by atoms with Crippen LogP contribution >= 0.6 is 11.3 Å². The number of thiophene rings is 1. The van der Waals surface area contributed by atoms with Crippen molar-refractivity contribution in [3.63, 3.8) is 0 Å². The Kier molecular flexibility index (Phi) is 4.47. The van der Waals surface area contributed by atoms with Crippen molar-refractivity contribution in [2.45, 2.75) is 0 Å². The van der Waals surface area contributed by atoms with Gasteiger partial charge in [0, 0.05) is 11.1 Å². The molecule has 0 fully saturated rings. The molecule has 0 atom stereocenters. The van der Waals surface area contributed by atoms with Crippen molar-refractivity contribution in [1.29, 1.82) is 5.26 Å². The third-order valence-electron chi connectivity index (χ3n) is 3.86. The van der Waals surface area contributed by atoms with Gasteiger partial charge in [-0.15, -0.1) is 5.10 Å². The van der Waals surface area contributed by atoms with Crippen LogP contribution in [0.4, 0.5) is 6.01 Å². The smallest absolute Gasteiger partial charge is 0.322 e. The quantitative estimate of drug-likeness (QED) is 0.566. The molecule has 0 radical (unpaired) electrons. The Balaban J connectivity index is 1.54. The Bertz CT molecular complexity index is 1140. The highest BCUT2D eigenvalue weighted by Gasteiger charge is 2.13. The molecule has 0 saturated heterocycles. The number of anilines is 1. The minimum Gasteiger partial charge on any atom is -0.403 e. The third kappa shape index (κ3) is 3.61. The van der Waals surface area contributed by atoms with E-state index in [1.165, 1.54) is 6.07 Å². The lowest BCUT2D eigenvalue weighted by Crippen LogP contribution is -2.12. The van der Waals surface area contributed by atoms with Gasteiger partial charge in [-0.25, -0.2) is 0 Å². The highest BCUT2D eigenvalue weighted by atomic mass is 32.1. The summed E-state index contributed by atoms with van der Waals surface area (Å²) in [5.74, 6) is -0.109. The minimum absolute atomic E-state index is 0.00158. The molecule has 0 bridgehead atoms. The Hall–Kier alpha value is -3.76. The molecule has 0 unspecified atom stereocenters. The van der Waals surface area contributed by atoms with Crippen LogP contribution in [-0.4, -0.2) is 16.1 Å². The lowest BCUT2D eigenvalue weighted by atomic mass is 10.1. The lowest BCUT2D eigenvalue weighted by Gasteiger charge is -2.01. The first-order chi connectivity index (χ1) is 13.2. The van der Waals surface area contributed by atoms with Crippen molar-refractivity contribution < 1.29 is 9.21 Å². The van der Waals surface area contributed by atoms with E-state index in [2.05, 4.69) is 20.9 Å². The molecule has 2 heterocycles. The molecule has 1 N–H and O–H groups in total. The van der Waals surface area contributed by atoms with E-state index in [4.69, 9.17) is 9.68 Å². The van der Waals surface area contributed by atoms with Crippen LogP contribution < -0.4 is 5.32 Å². The number of benzene rings is 2. The summed E-state index contributed by atoms with van der Waals surface area (Å²) in [7, 11) is 0. The predicted molar refractivity (Wildman–Crippen MR) is 102 cm³/mol. The Morgan fingerprint density at radius 1 is 1.04 bits per heavy atom. The number of nitriles is 1. The summed E-state index contributed by atoms with van der Waals surface area (Å²) in [6, 6.07) is 18.2. The molecule has 0 spiro atoms. The van der Waals surface area contributed by atoms with Gasteiger partial charge >= 0.3 is 6.01 Å². The summed E-state index contributed by atoms with van der Waals surface area (Å²) < 4.78 is 5.57. The Morgan fingerprint density at radius 3 is 2.70 bits per heavy atom. The van der Waals surface area contributed by atoms with Crippen LogP contribution in [-0.2, 0) is 0 Å². The van der Waals surface area contributed by atoms with Crippen LogP contribution in [0.15, 0.2) is 69.8 Å². The lowest BCUT2D eigenvalue weighted by molar-refractivity contribution is 0.102. The average Bonchev–Trinajstić information content (AvgIpc) is 3.40. The number of amides is 1. The summed E-state index contributed by atoms with van der Waals surface area (Å²) in [4.78, 5) is 12.3. The van der Waals surface area contributed by atoms with Gasteiger partial charge in [-0.3, -0.25) is 10.1 Å². The van der Waals surface area contributed by atoms with Crippen molar-refractivity contribution in [1.82, 2.24) is 10.2 Å². The van der Waals surface area contributed by atoms with Gasteiger partial charge in [-0.1, -0.05) is 23.3 Å². The molecule has 0 aliphatic heterocycles. The number of nitrogens with zero attached hydrogens (tertiary/aromatic N) is 3. The van der Waals surface area contributed by atoms with Crippen LogP contribution in [0.5, 0.6) is 0 Å². The zero-order valence-corrected chi connectivity index (χ0v) is 14.7. The molecule has 0 aliphatic carbocycles. The van der Waals surface area contributed by atoms with Crippen molar-refractivity contribution in [3.05, 3.63) is 76.5 Å². The summed E-state index contributed by atoms with van der Waals surface area (Å²) in [5, 5.41) is 23.5. The fourth-order valence-electron chi connectivity index (χ4n) is 2.55. The van der Waals surface area contributed by atoms with Gasteiger partial charge in [-0.2, -0.15) is 16.6 Å². The number of aromatic nitrogens is 2. The second-order valence-corrected chi connectivity index (χ2v) is 6.43. The van der Waals surface area contributed by atoms with Gasteiger partial charge in [0.05, 0.1) is 11.6 Å². The molecule has 2 aromatic heterocycles. The fraction of sp³-hybridized carbons (Fsp3) is 0. The van der Waals surface area contributed by atoms with E-state index in [-0.39, 0.29) is 6.01 Å². The molecule has 4 rings (SSSR count). The van der Waals surface area contributed by atoms with Gasteiger partial charge in [-0.05, 0) is 58.3 Å².